The predicted molar refractivity (Wildman–Crippen MR) is 86.4 cm³/mol. The normalized spacial score (nSPS) is 10.1. The first-order chi connectivity index (χ1) is 9.74. The number of halogens is 2. The Bertz CT molecular complexity index is 839. The molecule has 0 aliphatic rings. The largest absolute Gasteiger partial charge is 0.0827 e. The van der Waals surface area contributed by atoms with Crippen LogP contribution in [0.25, 0.3) is 10.8 Å². The van der Waals surface area contributed by atoms with Crippen molar-refractivity contribution in [3.8, 4) is 11.8 Å². The van der Waals surface area contributed by atoms with Crippen molar-refractivity contribution in [2.45, 2.75) is 0 Å². The van der Waals surface area contributed by atoms with E-state index < -0.39 is 0 Å². The van der Waals surface area contributed by atoms with Gasteiger partial charge in [-0.2, -0.15) is 0 Å². The van der Waals surface area contributed by atoms with Crippen LogP contribution >= 0.6 is 23.2 Å². The lowest BCUT2D eigenvalue weighted by Crippen LogP contribution is -1.80. The second-order valence-electron chi connectivity index (χ2n) is 4.41. The zero-order valence-electron chi connectivity index (χ0n) is 10.5. The molecule has 0 amide bonds. The van der Waals surface area contributed by atoms with E-state index in [9.17, 15) is 0 Å². The van der Waals surface area contributed by atoms with Gasteiger partial charge < -0.3 is 0 Å². The van der Waals surface area contributed by atoms with Crippen LogP contribution in [0.5, 0.6) is 0 Å². The number of rotatable bonds is 0. The monoisotopic (exact) mass is 296 g/mol. The molecule has 0 unspecified atom stereocenters. The van der Waals surface area contributed by atoms with Crippen molar-refractivity contribution in [3.63, 3.8) is 0 Å². The Hall–Kier alpha value is -1.94. The summed E-state index contributed by atoms with van der Waals surface area (Å²) in [5.41, 5.74) is 1.70. The molecule has 0 saturated heterocycles. The quantitative estimate of drug-likeness (QED) is 0.477. The Morgan fingerprint density at radius 2 is 1.50 bits per heavy atom. The fourth-order valence-electron chi connectivity index (χ4n) is 2.01. The highest BCUT2D eigenvalue weighted by Crippen LogP contribution is 2.24. The number of hydrogen-bond acceptors (Lipinski definition) is 0. The predicted octanol–water partition coefficient (Wildman–Crippen LogP) is 5.55. The Balaban J connectivity index is 2.01. The molecule has 0 N–H and O–H groups in total. The first-order valence-electron chi connectivity index (χ1n) is 6.19. The molecule has 0 aliphatic heterocycles. The van der Waals surface area contributed by atoms with Crippen molar-refractivity contribution < 1.29 is 0 Å². The number of hydrogen-bond donors (Lipinski definition) is 0. The number of benzene rings is 3. The molecule has 96 valence electrons. The molecule has 0 fully saturated rings. The molecule has 3 aromatic rings. The third-order valence-electron chi connectivity index (χ3n) is 3.04. The molecule has 0 heterocycles. The van der Waals surface area contributed by atoms with Gasteiger partial charge in [-0.25, -0.2) is 0 Å². The van der Waals surface area contributed by atoms with Crippen LogP contribution < -0.4 is 0 Å². The summed E-state index contributed by atoms with van der Waals surface area (Å²) in [4.78, 5) is 0. The van der Waals surface area contributed by atoms with Gasteiger partial charge in [0, 0.05) is 11.1 Å². The topological polar surface area (TPSA) is 0 Å². The van der Waals surface area contributed by atoms with Crippen molar-refractivity contribution >= 4 is 34.0 Å². The van der Waals surface area contributed by atoms with E-state index in [0.29, 0.717) is 10.0 Å². The first kappa shape index (κ1) is 13.1. The maximum atomic E-state index is 6.12. The molecule has 20 heavy (non-hydrogen) atoms. The highest BCUT2D eigenvalue weighted by atomic mass is 35.5. The van der Waals surface area contributed by atoms with Gasteiger partial charge in [0.2, 0.25) is 0 Å². The van der Waals surface area contributed by atoms with E-state index in [1.165, 1.54) is 10.8 Å². The highest BCUT2D eigenvalue weighted by molar-refractivity contribution is 6.42. The molecule has 0 radical (unpaired) electrons. The van der Waals surface area contributed by atoms with Gasteiger partial charge >= 0.3 is 0 Å². The van der Waals surface area contributed by atoms with Crippen LogP contribution in [-0.4, -0.2) is 0 Å². The minimum atomic E-state index is 0.502. The minimum Gasteiger partial charge on any atom is -0.0827 e. The second kappa shape index (κ2) is 5.59. The van der Waals surface area contributed by atoms with Crippen molar-refractivity contribution in [3.05, 3.63) is 81.8 Å². The van der Waals surface area contributed by atoms with E-state index in [1.807, 2.05) is 30.3 Å². The van der Waals surface area contributed by atoms with E-state index in [-0.39, 0.29) is 0 Å². The van der Waals surface area contributed by atoms with Crippen LogP contribution in [0.4, 0.5) is 0 Å². The van der Waals surface area contributed by atoms with E-state index in [1.54, 1.807) is 6.07 Å². The molecule has 3 rings (SSSR count). The number of fused-ring (bicyclic) bond motifs is 1. The Kier molecular flexibility index (Phi) is 3.65. The summed E-state index contributed by atoms with van der Waals surface area (Å²) in [5.74, 6) is 6.20. The summed E-state index contributed by atoms with van der Waals surface area (Å²) in [6.45, 7) is 0. The van der Waals surface area contributed by atoms with Crippen LogP contribution in [0.3, 0.4) is 0 Å². The van der Waals surface area contributed by atoms with Gasteiger partial charge in [-0.1, -0.05) is 71.4 Å². The van der Waals surface area contributed by atoms with E-state index in [0.717, 1.165) is 11.1 Å². The van der Waals surface area contributed by atoms with Gasteiger partial charge in [0.25, 0.3) is 0 Å². The SMILES string of the molecule is Clc1cccc(C#Cc2ccc3ccccc3c2)c1Cl. The van der Waals surface area contributed by atoms with E-state index in [4.69, 9.17) is 23.2 Å². The van der Waals surface area contributed by atoms with Gasteiger partial charge in [-0.3, -0.25) is 0 Å². The summed E-state index contributed by atoms with van der Waals surface area (Å²) in [6, 6.07) is 19.8. The Morgan fingerprint density at radius 3 is 2.35 bits per heavy atom. The van der Waals surface area contributed by atoms with Crippen molar-refractivity contribution in [2.24, 2.45) is 0 Å². The molecule has 0 saturated carbocycles. The first-order valence-corrected chi connectivity index (χ1v) is 6.94. The zero-order chi connectivity index (χ0) is 13.9. The van der Waals surface area contributed by atoms with Gasteiger partial charge in [-0.15, -0.1) is 0 Å². The van der Waals surface area contributed by atoms with Crippen LogP contribution in [0.2, 0.25) is 10.0 Å². The molecular weight excluding hydrogens is 287 g/mol. The molecule has 0 nitrogen and oxygen atoms in total. The van der Waals surface area contributed by atoms with Crippen LogP contribution in [-0.2, 0) is 0 Å². The lowest BCUT2D eigenvalue weighted by atomic mass is 10.1. The second-order valence-corrected chi connectivity index (χ2v) is 5.20. The van der Waals surface area contributed by atoms with Crippen molar-refractivity contribution in [2.75, 3.05) is 0 Å². The van der Waals surface area contributed by atoms with Crippen molar-refractivity contribution in [1.29, 1.82) is 0 Å². The van der Waals surface area contributed by atoms with Crippen molar-refractivity contribution in [1.82, 2.24) is 0 Å². The summed E-state index contributed by atoms with van der Waals surface area (Å²) in [7, 11) is 0. The van der Waals surface area contributed by atoms with Gasteiger partial charge in [0.1, 0.15) is 0 Å². The summed E-state index contributed by atoms with van der Waals surface area (Å²) in [5, 5.41) is 3.41. The zero-order valence-corrected chi connectivity index (χ0v) is 12.0. The molecule has 3 aromatic carbocycles. The standard InChI is InChI=1S/C18H10Cl2/c19-17-7-3-6-15(18(17)20)11-9-13-8-10-14-4-1-2-5-16(14)12-13/h1-8,10,12H. The molecule has 0 aromatic heterocycles. The molecule has 0 atom stereocenters. The van der Waals surface area contributed by atoms with Gasteiger partial charge in [0.15, 0.2) is 0 Å². The fourth-order valence-corrected chi connectivity index (χ4v) is 2.35. The van der Waals surface area contributed by atoms with Crippen LogP contribution in [0.15, 0.2) is 60.7 Å². The maximum absolute atomic E-state index is 6.12. The lowest BCUT2D eigenvalue weighted by molar-refractivity contribution is 1.63. The van der Waals surface area contributed by atoms with E-state index >= 15 is 0 Å². The average Bonchev–Trinajstić information content (AvgIpc) is 2.48. The molecular formula is C18H10Cl2. The Labute approximate surface area is 128 Å². The third kappa shape index (κ3) is 2.65. The fraction of sp³-hybridized carbons (Fsp3) is 0. The molecule has 2 heteroatoms. The minimum absolute atomic E-state index is 0.502. The lowest BCUT2D eigenvalue weighted by Gasteiger charge is -1.99. The van der Waals surface area contributed by atoms with Gasteiger partial charge in [-0.05, 0) is 35.0 Å². The van der Waals surface area contributed by atoms with Gasteiger partial charge in [0.05, 0.1) is 10.0 Å². The summed E-state index contributed by atoms with van der Waals surface area (Å²) in [6.07, 6.45) is 0. The van der Waals surface area contributed by atoms with E-state index in [2.05, 4.69) is 36.1 Å². The summed E-state index contributed by atoms with van der Waals surface area (Å²) < 4.78 is 0. The maximum Gasteiger partial charge on any atom is 0.0748 e. The molecule has 0 bridgehead atoms. The highest BCUT2D eigenvalue weighted by Gasteiger charge is 2.00. The average molecular weight is 297 g/mol. The molecule has 0 aliphatic carbocycles. The summed E-state index contributed by atoms with van der Waals surface area (Å²) >= 11 is 12.1. The third-order valence-corrected chi connectivity index (χ3v) is 3.86. The Morgan fingerprint density at radius 1 is 0.700 bits per heavy atom. The van der Waals surface area contributed by atoms with Crippen LogP contribution in [0.1, 0.15) is 11.1 Å². The van der Waals surface area contributed by atoms with Crippen LogP contribution in [0, 0.1) is 11.8 Å². The smallest absolute Gasteiger partial charge is 0.0748 e. The molecule has 0 spiro atoms.